The molecule has 0 radical (unpaired) electrons. The Labute approximate surface area is 129 Å². The molecule has 4 heteroatoms. The summed E-state index contributed by atoms with van der Waals surface area (Å²) in [7, 11) is 0. The lowest BCUT2D eigenvalue weighted by molar-refractivity contribution is 0.0934. The molecule has 4 nitrogen and oxygen atoms in total. The fourth-order valence-corrected chi connectivity index (χ4v) is 2.11. The molecule has 114 valence electrons. The molecule has 0 fully saturated rings. The first-order chi connectivity index (χ1) is 10.6. The van der Waals surface area contributed by atoms with Crippen molar-refractivity contribution < 1.29 is 14.7 Å². The van der Waals surface area contributed by atoms with Gasteiger partial charge >= 0.3 is 0 Å². The van der Waals surface area contributed by atoms with Crippen LogP contribution in [0.25, 0.3) is 0 Å². The predicted molar refractivity (Wildman–Crippen MR) is 84.9 cm³/mol. The number of ketones is 1. The zero-order valence-corrected chi connectivity index (χ0v) is 12.5. The summed E-state index contributed by atoms with van der Waals surface area (Å²) in [6, 6.07) is 15.6. The largest absolute Gasteiger partial charge is 0.393 e. The number of carbonyl (C=O) groups excluding carboxylic acids is 2. The van der Waals surface area contributed by atoms with E-state index < -0.39 is 6.10 Å². The van der Waals surface area contributed by atoms with Gasteiger partial charge in [0.25, 0.3) is 5.91 Å². The molecule has 0 bridgehead atoms. The zero-order valence-electron chi connectivity index (χ0n) is 12.5. The van der Waals surface area contributed by atoms with E-state index in [4.69, 9.17) is 0 Å². The molecule has 0 spiro atoms. The minimum atomic E-state index is -0.471. The van der Waals surface area contributed by atoms with Gasteiger partial charge in [-0.3, -0.25) is 9.59 Å². The second-order valence-corrected chi connectivity index (χ2v) is 5.13. The van der Waals surface area contributed by atoms with Crippen molar-refractivity contribution in [2.75, 3.05) is 6.54 Å². The third kappa shape index (κ3) is 4.02. The number of aliphatic hydroxyl groups is 1. The number of hydrogen-bond acceptors (Lipinski definition) is 3. The van der Waals surface area contributed by atoms with Crippen molar-refractivity contribution in [2.24, 2.45) is 0 Å². The lowest BCUT2D eigenvalue weighted by atomic mass is 9.98. The van der Waals surface area contributed by atoms with Gasteiger partial charge in [-0.2, -0.15) is 0 Å². The normalized spacial score (nSPS) is 11.7. The van der Waals surface area contributed by atoms with E-state index in [0.717, 1.165) is 0 Å². The molecule has 1 atom stereocenters. The predicted octanol–water partition coefficient (Wildman–Crippen LogP) is 2.42. The Balaban J connectivity index is 2.20. The van der Waals surface area contributed by atoms with Gasteiger partial charge in [0.1, 0.15) is 0 Å². The average Bonchev–Trinajstić information content (AvgIpc) is 2.54. The van der Waals surface area contributed by atoms with E-state index in [0.29, 0.717) is 29.7 Å². The molecule has 2 aromatic carbocycles. The van der Waals surface area contributed by atoms with Crippen LogP contribution in [0.1, 0.15) is 39.6 Å². The third-order valence-electron chi connectivity index (χ3n) is 3.30. The molecule has 0 aromatic heterocycles. The quantitative estimate of drug-likeness (QED) is 0.805. The maximum absolute atomic E-state index is 12.5. The summed E-state index contributed by atoms with van der Waals surface area (Å²) in [5.41, 5.74) is 1.27. The Hall–Kier alpha value is -2.46. The van der Waals surface area contributed by atoms with Gasteiger partial charge in [0.05, 0.1) is 11.7 Å². The number of hydrogen-bond donors (Lipinski definition) is 2. The fourth-order valence-electron chi connectivity index (χ4n) is 2.11. The van der Waals surface area contributed by atoms with Crippen molar-refractivity contribution in [3.8, 4) is 0 Å². The van der Waals surface area contributed by atoms with Crippen molar-refractivity contribution in [2.45, 2.75) is 19.4 Å². The number of nitrogens with one attached hydrogen (secondary N) is 1. The van der Waals surface area contributed by atoms with Crippen LogP contribution >= 0.6 is 0 Å². The van der Waals surface area contributed by atoms with Crippen LogP contribution in [0, 0.1) is 0 Å². The van der Waals surface area contributed by atoms with Gasteiger partial charge in [-0.25, -0.2) is 0 Å². The summed E-state index contributed by atoms with van der Waals surface area (Å²) in [5, 5.41) is 11.9. The van der Waals surface area contributed by atoms with Crippen LogP contribution in [0.2, 0.25) is 0 Å². The summed E-state index contributed by atoms with van der Waals surface area (Å²) in [5.74, 6) is -0.484. The highest BCUT2D eigenvalue weighted by Gasteiger charge is 2.17. The molecule has 0 saturated heterocycles. The summed E-state index contributed by atoms with van der Waals surface area (Å²) >= 11 is 0. The molecule has 1 amide bonds. The summed E-state index contributed by atoms with van der Waals surface area (Å²) < 4.78 is 0. The number of amides is 1. The van der Waals surface area contributed by atoms with Gasteiger partial charge in [-0.1, -0.05) is 48.5 Å². The van der Waals surface area contributed by atoms with Gasteiger partial charge < -0.3 is 10.4 Å². The maximum Gasteiger partial charge on any atom is 0.252 e. The van der Waals surface area contributed by atoms with E-state index in [1.807, 2.05) is 6.07 Å². The van der Waals surface area contributed by atoms with E-state index in [1.165, 1.54) is 0 Å². The molecule has 1 unspecified atom stereocenters. The first-order valence-electron chi connectivity index (χ1n) is 7.24. The Morgan fingerprint density at radius 3 is 2.23 bits per heavy atom. The van der Waals surface area contributed by atoms with E-state index in [-0.39, 0.29) is 11.7 Å². The van der Waals surface area contributed by atoms with Crippen molar-refractivity contribution in [1.82, 2.24) is 5.32 Å². The number of rotatable bonds is 6. The minimum Gasteiger partial charge on any atom is -0.393 e. The third-order valence-corrected chi connectivity index (χ3v) is 3.30. The van der Waals surface area contributed by atoms with Crippen molar-refractivity contribution >= 4 is 11.7 Å². The number of carbonyl (C=O) groups is 2. The van der Waals surface area contributed by atoms with E-state index in [9.17, 15) is 14.7 Å². The van der Waals surface area contributed by atoms with Crippen LogP contribution in [0.3, 0.4) is 0 Å². The molecule has 0 aliphatic heterocycles. The Bertz CT molecular complexity index is 650. The minimum absolute atomic E-state index is 0.179. The monoisotopic (exact) mass is 297 g/mol. The van der Waals surface area contributed by atoms with Crippen molar-refractivity contribution in [1.29, 1.82) is 0 Å². The molecule has 0 heterocycles. The maximum atomic E-state index is 12.5. The first-order valence-corrected chi connectivity index (χ1v) is 7.24. The number of aliphatic hydroxyl groups excluding tert-OH is 1. The average molecular weight is 297 g/mol. The summed E-state index contributed by atoms with van der Waals surface area (Å²) in [4.78, 5) is 24.8. The highest BCUT2D eigenvalue weighted by molar-refractivity contribution is 6.15. The molecule has 2 aromatic rings. The molecule has 2 N–H and O–H groups in total. The standard InChI is InChI=1S/C18H19NO3/c1-13(20)11-12-19-18(22)16-10-6-5-9-15(16)17(21)14-7-3-2-4-8-14/h2-10,13,20H,11-12H2,1H3,(H,19,22). The van der Waals surface area contributed by atoms with E-state index in [2.05, 4.69) is 5.32 Å². The van der Waals surface area contributed by atoms with E-state index >= 15 is 0 Å². The molecule has 2 rings (SSSR count). The smallest absolute Gasteiger partial charge is 0.252 e. The lowest BCUT2D eigenvalue weighted by Crippen LogP contribution is -2.28. The summed E-state index contributed by atoms with van der Waals surface area (Å²) in [6.45, 7) is 2.03. The second kappa shape index (κ2) is 7.52. The molecule has 22 heavy (non-hydrogen) atoms. The molecule has 0 saturated carbocycles. The Morgan fingerprint density at radius 2 is 1.59 bits per heavy atom. The van der Waals surface area contributed by atoms with Gasteiger partial charge in [0, 0.05) is 17.7 Å². The van der Waals surface area contributed by atoms with Crippen LogP contribution in [0.15, 0.2) is 54.6 Å². The van der Waals surface area contributed by atoms with Crippen LogP contribution in [0.5, 0.6) is 0 Å². The molecule has 0 aliphatic carbocycles. The second-order valence-electron chi connectivity index (χ2n) is 5.13. The van der Waals surface area contributed by atoms with Crippen LogP contribution in [-0.2, 0) is 0 Å². The highest BCUT2D eigenvalue weighted by atomic mass is 16.3. The topological polar surface area (TPSA) is 66.4 Å². The summed E-state index contributed by atoms with van der Waals surface area (Å²) in [6.07, 6.45) is 0.00192. The van der Waals surface area contributed by atoms with Crippen LogP contribution in [0.4, 0.5) is 0 Å². The molecule has 0 aliphatic rings. The molecular formula is C18H19NO3. The SMILES string of the molecule is CC(O)CCNC(=O)c1ccccc1C(=O)c1ccccc1. The Kier molecular flexibility index (Phi) is 5.44. The zero-order chi connectivity index (χ0) is 15.9. The van der Waals surface area contributed by atoms with Crippen LogP contribution < -0.4 is 5.32 Å². The van der Waals surface area contributed by atoms with Gasteiger partial charge in [0.2, 0.25) is 0 Å². The van der Waals surface area contributed by atoms with E-state index in [1.54, 1.807) is 55.5 Å². The van der Waals surface area contributed by atoms with Gasteiger partial charge in [-0.05, 0) is 19.4 Å². The lowest BCUT2D eigenvalue weighted by Gasteiger charge is -2.10. The van der Waals surface area contributed by atoms with Crippen LogP contribution in [-0.4, -0.2) is 29.4 Å². The fraction of sp³-hybridized carbons (Fsp3) is 0.222. The van der Waals surface area contributed by atoms with Gasteiger partial charge in [0.15, 0.2) is 5.78 Å². The highest BCUT2D eigenvalue weighted by Crippen LogP contribution is 2.14. The van der Waals surface area contributed by atoms with Crippen molar-refractivity contribution in [3.05, 3.63) is 71.3 Å². The first kappa shape index (κ1) is 15.9. The molecular weight excluding hydrogens is 278 g/mol. The van der Waals surface area contributed by atoms with Crippen molar-refractivity contribution in [3.63, 3.8) is 0 Å². The number of benzene rings is 2. The van der Waals surface area contributed by atoms with Gasteiger partial charge in [-0.15, -0.1) is 0 Å². The Morgan fingerprint density at radius 1 is 1.00 bits per heavy atom.